The van der Waals surface area contributed by atoms with Crippen LogP contribution >= 0.6 is 39.9 Å². The van der Waals surface area contributed by atoms with E-state index in [1.807, 2.05) is 65.4 Å². The highest BCUT2D eigenvalue weighted by Crippen LogP contribution is 2.38. The van der Waals surface area contributed by atoms with Crippen LogP contribution in [0.2, 0.25) is 0 Å². The summed E-state index contributed by atoms with van der Waals surface area (Å²) in [6, 6.07) is 20.5. The van der Waals surface area contributed by atoms with Crippen molar-refractivity contribution in [1.82, 2.24) is 4.57 Å². The number of carbonyl (C=O) groups is 2. The fraction of sp³-hybridized carbons (Fsp3) is 0.0741. The van der Waals surface area contributed by atoms with E-state index >= 15 is 0 Å². The molecule has 3 heterocycles. The van der Waals surface area contributed by atoms with Gasteiger partial charge in [-0.15, -0.1) is 0 Å². The predicted molar refractivity (Wildman–Crippen MR) is 153 cm³/mol. The van der Waals surface area contributed by atoms with E-state index in [1.54, 1.807) is 18.2 Å². The minimum Gasteiger partial charge on any atom is -0.454 e. The number of para-hydroxylation sites is 1. The zero-order valence-corrected chi connectivity index (χ0v) is 22.4. The molecule has 2 amide bonds. The summed E-state index contributed by atoms with van der Waals surface area (Å²) in [7, 11) is 0. The van der Waals surface area contributed by atoms with Crippen LogP contribution in [0.5, 0.6) is 11.5 Å². The first-order valence-corrected chi connectivity index (χ1v) is 13.3. The van der Waals surface area contributed by atoms with Crippen molar-refractivity contribution in [3.8, 4) is 11.5 Å². The predicted octanol–water partition coefficient (Wildman–Crippen LogP) is 6.18. The number of nitrogens with one attached hydrogen (secondary N) is 1. The Labute approximate surface area is 230 Å². The van der Waals surface area contributed by atoms with Crippen LogP contribution in [0.4, 0.5) is 11.4 Å². The van der Waals surface area contributed by atoms with Crippen LogP contribution in [-0.2, 0) is 16.1 Å². The van der Waals surface area contributed by atoms with Crippen molar-refractivity contribution in [1.29, 1.82) is 0 Å². The van der Waals surface area contributed by atoms with Crippen molar-refractivity contribution in [2.75, 3.05) is 17.0 Å². The lowest BCUT2D eigenvalue weighted by Gasteiger charge is -2.14. The molecule has 3 aromatic carbocycles. The van der Waals surface area contributed by atoms with E-state index in [1.165, 1.54) is 16.7 Å². The van der Waals surface area contributed by atoms with Gasteiger partial charge in [-0.3, -0.25) is 14.5 Å². The molecule has 2 aliphatic heterocycles. The number of amides is 2. The van der Waals surface area contributed by atoms with Gasteiger partial charge >= 0.3 is 0 Å². The lowest BCUT2D eigenvalue weighted by Crippen LogP contribution is -2.27. The number of nitrogens with zero attached hydrogens (tertiary/aromatic N) is 2. The Balaban J connectivity index is 1.27. The van der Waals surface area contributed by atoms with Crippen molar-refractivity contribution in [3.63, 3.8) is 0 Å². The van der Waals surface area contributed by atoms with E-state index in [-0.39, 0.29) is 25.2 Å². The van der Waals surface area contributed by atoms with Gasteiger partial charge in [0.15, 0.2) is 15.8 Å². The van der Waals surface area contributed by atoms with Gasteiger partial charge in [0.05, 0.1) is 10.6 Å². The van der Waals surface area contributed by atoms with Crippen LogP contribution in [0.3, 0.4) is 0 Å². The van der Waals surface area contributed by atoms with Gasteiger partial charge in [-0.1, -0.05) is 64.2 Å². The average Bonchev–Trinajstić information content (AvgIpc) is 3.55. The minimum atomic E-state index is -0.188. The molecule has 0 radical (unpaired) electrons. The smallest absolute Gasteiger partial charge is 0.270 e. The maximum Gasteiger partial charge on any atom is 0.270 e. The molecule has 1 N–H and O–H groups in total. The Kier molecular flexibility index (Phi) is 6.23. The first-order chi connectivity index (χ1) is 18.0. The number of halogens is 1. The molecule has 0 spiro atoms. The molecule has 7 nitrogen and oxygen atoms in total. The van der Waals surface area contributed by atoms with Gasteiger partial charge in [0, 0.05) is 38.9 Å². The van der Waals surface area contributed by atoms with Crippen molar-refractivity contribution < 1.29 is 19.1 Å². The Bertz CT molecular complexity index is 1630. The number of rotatable bonds is 5. The maximum absolute atomic E-state index is 13.3. The second-order valence-corrected chi connectivity index (χ2v) is 10.9. The molecule has 4 aromatic rings. The van der Waals surface area contributed by atoms with Crippen molar-refractivity contribution in [2.24, 2.45) is 0 Å². The molecular formula is C27H18BrN3O4S2. The Morgan fingerprint density at radius 2 is 1.92 bits per heavy atom. The number of hydrogen-bond acceptors (Lipinski definition) is 6. The van der Waals surface area contributed by atoms with E-state index in [9.17, 15) is 9.59 Å². The van der Waals surface area contributed by atoms with Crippen LogP contribution in [0.25, 0.3) is 17.0 Å². The quantitative estimate of drug-likeness (QED) is 0.221. The maximum atomic E-state index is 13.3. The topological polar surface area (TPSA) is 72.8 Å². The van der Waals surface area contributed by atoms with Crippen molar-refractivity contribution in [2.45, 2.75) is 6.54 Å². The third-order valence-corrected chi connectivity index (χ3v) is 7.73. The van der Waals surface area contributed by atoms with Crippen LogP contribution in [0.15, 0.2) is 82.3 Å². The van der Waals surface area contributed by atoms with E-state index in [0.29, 0.717) is 32.1 Å². The van der Waals surface area contributed by atoms with Crippen LogP contribution < -0.4 is 19.7 Å². The van der Waals surface area contributed by atoms with Gasteiger partial charge in [-0.25, -0.2) is 0 Å². The third kappa shape index (κ3) is 4.63. The molecule has 1 fully saturated rings. The molecule has 1 aromatic heterocycles. The van der Waals surface area contributed by atoms with Gasteiger partial charge in [-0.2, -0.15) is 0 Å². The Morgan fingerprint density at radius 3 is 2.78 bits per heavy atom. The monoisotopic (exact) mass is 591 g/mol. The highest BCUT2D eigenvalue weighted by Gasteiger charge is 2.33. The van der Waals surface area contributed by atoms with Gasteiger partial charge in [0.25, 0.3) is 5.91 Å². The van der Waals surface area contributed by atoms with Crippen LogP contribution in [-0.4, -0.2) is 27.5 Å². The van der Waals surface area contributed by atoms with E-state index in [2.05, 4.69) is 21.2 Å². The number of thiocarbonyl (C=S) groups is 1. The summed E-state index contributed by atoms with van der Waals surface area (Å²) in [5.74, 6) is 0.897. The van der Waals surface area contributed by atoms with E-state index in [0.717, 1.165) is 20.9 Å². The zero-order valence-electron chi connectivity index (χ0n) is 19.1. The summed E-state index contributed by atoms with van der Waals surface area (Å²) in [6.07, 6.45) is 3.72. The third-order valence-electron chi connectivity index (χ3n) is 5.94. The lowest BCUT2D eigenvalue weighted by atomic mass is 10.1. The highest BCUT2D eigenvalue weighted by molar-refractivity contribution is 9.10. The minimum absolute atomic E-state index is 0.0990. The van der Waals surface area contributed by atoms with Gasteiger partial charge in [0.2, 0.25) is 12.7 Å². The second-order valence-electron chi connectivity index (χ2n) is 8.34. The molecule has 37 heavy (non-hydrogen) atoms. The number of ether oxygens (including phenoxy) is 2. The second kappa shape index (κ2) is 9.70. The molecule has 10 heteroatoms. The number of thioether (sulfide) groups is 1. The van der Waals surface area contributed by atoms with Gasteiger partial charge in [-0.05, 0) is 42.5 Å². The van der Waals surface area contributed by atoms with E-state index < -0.39 is 0 Å². The molecule has 184 valence electrons. The standard InChI is InChI=1S/C27H18BrN3O4S2/c28-17-4-3-5-19(11-17)31-26(33)24(37-27(31)36)10-16-13-30(21-7-2-1-6-20(16)21)14-25(32)29-18-8-9-22-23(12-18)35-15-34-22/h1-13H,14-15H2,(H,29,32)/b24-10-. The molecule has 1 saturated heterocycles. The molecule has 2 aliphatic rings. The van der Waals surface area contributed by atoms with Crippen molar-refractivity contribution in [3.05, 3.63) is 87.9 Å². The fourth-order valence-corrected chi connectivity index (χ4v) is 5.97. The molecule has 6 rings (SSSR count). The summed E-state index contributed by atoms with van der Waals surface area (Å²) in [5, 5.41) is 3.85. The average molecular weight is 592 g/mol. The fourth-order valence-electron chi connectivity index (χ4n) is 4.30. The molecule has 0 unspecified atom stereocenters. The summed E-state index contributed by atoms with van der Waals surface area (Å²) < 4.78 is 13.9. The highest BCUT2D eigenvalue weighted by atomic mass is 79.9. The SMILES string of the molecule is O=C(Cn1cc(/C=C2\SC(=S)N(c3cccc(Br)c3)C2=O)c2ccccc21)Nc1ccc2c(c1)OCO2. The van der Waals surface area contributed by atoms with Crippen LogP contribution in [0, 0.1) is 0 Å². The summed E-state index contributed by atoms with van der Waals surface area (Å²) in [4.78, 5) is 28.2. The molecule has 0 aliphatic carbocycles. The number of fused-ring (bicyclic) bond motifs is 2. The first-order valence-electron chi connectivity index (χ1n) is 11.3. The van der Waals surface area contributed by atoms with Crippen molar-refractivity contribution >= 4 is 84.4 Å². The Morgan fingerprint density at radius 1 is 1.08 bits per heavy atom. The summed E-state index contributed by atoms with van der Waals surface area (Å²) in [5.41, 5.74) is 3.06. The lowest BCUT2D eigenvalue weighted by molar-refractivity contribution is -0.116. The molecule has 0 bridgehead atoms. The molecular weight excluding hydrogens is 574 g/mol. The molecule has 0 saturated carbocycles. The number of hydrogen-bond donors (Lipinski definition) is 1. The first kappa shape index (κ1) is 23.8. The number of benzene rings is 3. The van der Waals surface area contributed by atoms with Crippen LogP contribution in [0.1, 0.15) is 5.56 Å². The number of carbonyl (C=O) groups excluding carboxylic acids is 2. The number of aromatic nitrogens is 1. The largest absolute Gasteiger partial charge is 0.454 e. The summed E-state index contributed by atoms with van der Waals surface area (Å²) in [6.45, 7) is 0.272. The van der Waals surface area contributed by atoms with E-state index in [4.69, 9.17) is 21.7 Å². The van der Waals surface area contributed by atoms with Gasteiger partial charge < -0.3 is 19.4 Å². The zero-order chi connectivity index (χ0) is 25.5. The number of anilines is 2. The summed E-state index contributed by atoms with van der Waals surface area (Å²) >= 11 is 10.2. The van der Waals surface area contributed by atoms with Gasteiger partial charge in [0.1, 0.15) is 6.54 Å². The normalized spacial score (nSPS) is 15.7. The molecule has 0 atom stereocenters. The Hall–Kier alpha value is -3.60.